The molecule has 0 radical (unpaired) electrons. The second-order valence-corrected chi connectivity index (χ2v) is 5.79. The Morgan fingerprint density at radius 2 is 1.83 bits per heavy atom. The zero-order chi connectivity index (χ0) is 17.7. The van der Waals surface area contributed by atoms with Gasteiger partial charge in [0.15, 0.2) is 12.6 Å². The van der Waals surface area contributed by atoms with Crippen molar-refractivity contribution in [3.63, 3.8) is 0 Å². The summed E-state index contributed by atoms with van der Waals surface area (Å²) >= 11 is 0. The number of aryl methyl sites for hydroxylation is 3. The molecule has 0 saturated heterocycles. The van der Waals surface area contributed by atoms with Gasteiger partial charge in [0.2, 0.25) is 0 Å². The number of amides is 1. The maximum atomic E-state index is 12.0. The third kappa shape index (κ3) is 4.59. The first kappa shape index (κ1) is 17.5. The molecule has 1 atom stereocenters. The van der Waals surface area contributed by atoms with Crippen LogP contribution in [0.15, 0.2) is 42.5 Å². The van der Waals surface area contributed by atoms with Crippen LogP contribution in [0.3, 0.4) is 0 Å². The molecule has 5 heteroatoms. The smallest absolute Gasteiger partial charge is 0.330 e. The molecule has 0 spiro atoms. The minimum absolute atomic E-state index is 0.238. The molecule has 1 unspecified atom stereocenters. The molecule has 0 fully saturated rings. The molecule has 2 rings (SSSR count). The molecule has 0 aliphatic carbocycles. The minimum atomic E-state index is -1.11. The van der Waals surface area contributed by atoms with Crippen LogP contribution >= 0.6 is 0 Å². The van der Waals surface area contributed by atoms with Gasteiger partial charge in [-0.3, -0.25) is 4.79 Å². The van der Waals surface area contributed by atoms with E-state index in [-0.39, 0.29) is 6.61 Å². The Labute approximate surface area is 141 Å². The Kier molecular flexibility index (Phi) is 5.58. The molecule has 2 aromatic carbocycles. The van der Waals surface area contributed by atoms with Gasteiger partial charge in [0.05, 0.1) is 0 Å². The average molecular weight is 327 g/mol. The highest BCUT2D eigenvalue weighted by Crippen LogP contribution is 2.18. The van der Waals surface area contributed by atoms with Crippen LogP contribution < -0.4 is 10.1 Å². The van der Waals surface area contributed by atoms with Gasteiger partial charge in [-0.05, 0) is 55.2 Å². The van der Waals surface area contributed by atoms with Crippen molar-refractivity contribution in [1.82, 2.24) is 5.32 Å². The molecule has 0 aliphatic rings. The highest BCUT2D eigenvalue weighted by atomic mass is 16.5. The molecule has 0 aliphatic heterocycles. The van der Waals surface area contributed by atoms with Crippen molar-refractivity contribution in [3.05, 3.63) is 64.7 Å². The van der Waals surface area contributed by atoms with Crippen LogP contribution in [0.1, 0.15) is 28.3 Å². The number of carbonyl (C=O) groups is 2. The van der Waals surface area contributed by atoms with E-state index < -0.39 is 17.9 Å². The third-order valence-electron chi connectivity index (χ3n) is 3.78. The molecule has 126 valence electrons. The maximum absolute atomic E-state index is 12.0. The summed E-state index contributed by atoms with van der Waals surface area (Å²) in [6.45, 7) is 5.54. The van der Waals surface area contributed by atoms with Gasteiger partial charge >= 0.3 is 5.97 Å². The monoisotopic (exact) mass is 327 g/mol. The Hall–Kier alpha value is -2.82. The topological polar surface area (TPSA) is 75.6 Å². The average Bonchev–Trinajstić information content (AvgIpc) is 2.53. The van der Waals surface area contributed by atoms with E-state index in [2.05, 4.69) is 5.32 Å². The lowest BCUT2D eigenvalue weighted by atomic mass is 10.0. The van der Waals surface area contributed by atoms with Crippen LogP contribution in [0.5, 0.6) is 5.75 Å². The summed E-state index contributed by atoms with van der Waals surface area (Å²) in [5.41, 5.74) is 3.60. The van der Waals surface area contributed by atoms with Gasteiger partial charge in [0.1, 0.15) is 5.75 Å². The van der Waals surface area contributed by atoms with E-state index in [1.165, 1.54) is 0 Å². The predicted molar refractivity (Wildman–Crippen MR) is 91.1 cm³/mol. The van der Waals surface area contributed by atoms with Crippen LogP contribution in [-0.2, 0) is 9.59 Å². The summed E-state index contributed by atoms with van der Waals surface area (Å²) in [6, 6.07) is 11.5. The number of hydrogen-bond donors (Lipinski definition) is 2. The van der Waals surface area contributed by atoms with Gasteiger partial charge < -0.3 is 15.2 Å². The van der Waals surface area contributed by atoms with Crippen molar-refractivity contribution in [1.29, 1.82) is 0 Å². The molecule has 2 N–H and O–H groups in total. The summed E-state index contributed by atoms with van der Waals surface area (Å²) in [7, 11) is 0. The van der Waals surface area contributed by atoms with Crippen LogP contribution in [0, 0.1) is 20.8 Å². The number of rotatable bonds is 6. The van der Waals surface area contributed by atoms with E-state index in [9.17, 15) is 14.7 Å². The third-order valence-corrected chi connectivity index (χ3v) is 3.78. The summed E-state index contributed by atoms with van der Waals surface area (Å²) in [5.74, 6) is -1.02. The molecule has 2 aromatic rings. The Bertz CT molecular complexity index is 755. The predicted octanol–water partition coefficient (Wildman–Crippen LogP) is 2.93. The number of aliphatic carboxylic acids is 1. The lowest BCUT2D eigenvalue weighted by Gasteiger charge is -2.16. The lowest BCUT2D eigenvalue weighted by molar-refractivity contribution is -0.142. The highest BCUT2D eigenvalue weighted by molar-refractivity contribution is 5.85. The van der Waals surface area contributed by atoms with Crippen molar-refractivity contribution >= 4 is 11.9 Å². The van der Waals surface area contributed by atoms with Crippen molar-refractivity contribution in [3.8, 4) is 5.75 Å². The van der Waals surface area contributed by atoms with Crippen molar-refractivity contribution in [2.24, 2.45) is 0 Å². The van der Waals surface area contributed by atoms with Gasteiger partial charge in [-0.1, -0.05) is 30.3 Å². The number of carboxylic acid groups (broad SMARTS) is 1. The van der Waals surface area contributed by atoms with E-state index in [0.29, 0.717) is 11.3 Å². The number of ether oxygens (including phenoxy) is 1. The Morgan fingerprint density at radius 3 is 2.46 bits per heavy atom. The zero-order valence-electron chi connectivity index (χ0n) is 14.0. The fourth-order valence-corrected chi connectivity index (χ4v) is 2.29. The summed E-state index contributed by atoms with van der Waals surface area (Å²) < 4.78 is 5.40. The molecule has 0 bridgehead atoms. The standard InChI is InChI=1S/C19H21NO4/c1-12-5-4-6-16(9-12)24-11-17(21)20-18(19(22)23)15-8-7-13(2)14(3)10-15/h4-10,18H,11H2,1-3H3,(H,20,21)(H,22,23). The molecule has 5 nitrogen and oxygen atoms in total. The largest absolute Gasteiger partial charge is 0.484 e. The number of carboxylic acids is 1. The fourth-order valence-electron chi connectivity index (χ4n) is 2.29. The quantitative estimate of drug-likeness (QED) is 0.855. The summed E-state index contributed by atoms with van der Waals surface area (Å²) in [4.78, 5) is 23.5. The first-order chi connectivity index (χ1) is 11.4. The first-order valence-corrected chi connectivity index (χ1v) is 7.65. The zero-order valence-corrected chi connectivity index (χ0v) is 14.0. The molecule has 24 heavy (non-hydrogen) atoms. The van der Waals surface area contributed by atoms with Gasteiger partial charge in [0.25, 0.3) is 5.91 Å². The molecule has 0 saturated carbocycles. The molecule has 1 amide bonds. The number of carbonyl (C=O) groups excluding carboxylic acids is 1. The SMILES string of the molecule is Cc1cccc(OCC(=O)NC(C(=O)O)c2ccc(C)c(C)c2)c1. The fraction of sp³-hybridized carbons (Fsp3) is 0.263. The number of hydrogen-bond acceptors (Lipinski definition) is 3. The summed E-state index contributed by atoms with van der Waals surface area (Å²) in [6.07, 6.45) is 0. The van der Waals surface area contributed by atoms with Gasteiger partial charge in [-0.15, -0.1) is 0 Å². The van der Waals surface area contributed by atoms with E-state index in [4.69, 9.17) is 4.74 Å². The highest BCUT2D eigenvalue weighted by Gasteiger charge is 2.22. The Balaban J connectivity index is 2.03. The van der Waals surface area contributed by atoms with Crippen LogP contribution in [0.4, 0.5) is 0 Å². The van der Waals surface area contributed by atoms with E-state index >= 15 is 0 Å². The second kappa shape index (κ2) is 7.64. The van der Waals surface area contributed by atoms with Gasteiger partial charge in [0, 0.05) is 0 Å². The van der Waals surface area contributed by atoms with Crippen LogP contribution in [-0.4, -0.2) is 23.6 Å². The minimum Gasteiger partial charge on any atom is -0.484 e. The van der Waals surface area contributed by atoms with E-state index in [0.717, 1.165) is 16.7 Å². The lowest BCUT2D eigenvalue weighted by Crippen LogP contribution is -2.36. The van der Waals surface area contributed by atoms with Crippen molar-refractivity contribution in [2.45, 2.75) is 26.8 Å². The van der Waals surface area contributed by atoms with Crippen LogP contribution in [0.2, 0.25) is 0 Å². The van der Waals surface area contributed by atoms with Crippen molar-refractivity contribution in [2.75, 3.05) is 6.61 Å². The number of benzene rings is 2. The van der Waals surface area contributed by atoms with E-state index in [1.807, 2.05) is 45.0 Å². The maximum Gasteiger partial charge on any atom is 0.330 e. The second-order valence-electron chi connectivity index (χ2n) is 5.79. The molecular weight excluding hydrogens is 306 g/mol. The van der Waals surface area contributed by atoms with E-state index in [1.54, 1.807) is 18.2 Å². The Morgan fingerprint density at radius 1 is 1.08 bits per heavy atom. The summed E-state index contributed by atoms with van der Waals surface area (Å²) in [5, 5.41) is 11.9. The molecule has 0 heterocycles. The van der Waals surface area contributed by atoms with Crippen LogP contribution in [0.25, 0.3) is 0 Å². The van der Waals surface area contributed by atoms with Gasteiger partial charge in [-0.25, -0.2) is 4.79 Å². The van der Waals surface area contributed by atoms with Crippen molar-refractivity contribution < 1.29 is 19.4 Å². The van der Waals surface area contributed by atoms with Gasteiger partial charge in [-0.2, -0.15) is 0 Å². The molecule has 0 aromatic heterocycles. The molecular formula is C19H21NO4. The number of nitrogens with one attached hydrogen (secondary N) is 1. The normalized spacial score (nSPS) is 11.6. The first-order valence-electron chi connectivity index (χ1n) is 7.65.